The molecular weight excluding hydrogens is 322 g/mol. The van der Waals surface area contributed by atoms with E-state index in [1.807, 2.05) is 32.0 Å². The summed E-state index contributed by atoms with van der Waals surface area (Å²) < 4.78 is 0. The molecule has 5 nitrogen and oxygen atoms in total. The number of aromatic nitrogens is 1. The van der Waals surface area contributed by atoms with Crippen LogP contribution in [0.25, 0.3) is 0 Å². The second-order valence-electron chi connectivity index (χ2n) is 6.32. The molecular formula is C18H23N3O2S. The van der Waals surface area contributed by atoms with Gasteiger partial charge in [0.25, 0.3) is 5.91 Å². The van der Waals surface area contributed by atoms with E-state index in [2.05, 4.69) is 27.3 Å². The van der Waals surface area contributed by atoms with Gasteiger partial charge in [-0.1, -0.05) is 30.3 Å². The lowest BCUT2D eigenvalue weighted by Crippen LogP contribution is -2.39. The average molecular weight is 345 g/mol. The zero-order valence-corrected chi connectivity index (χ0v) is 14.8. The smallest absolute Gasteiger partial charge is 0.263 e. The third-order valence-electron chi connectivity index (χ3n) is 4.34. The maximum Gasteiger partial charge on any atom is 0.263 e. The highest BCUT2D eigenvalue weighted by molar-refractivity contribution is 7.13. The summed E-state index contributed by atoms with van der Waals surface area (Å²) in [6.07, 6.45) is 0.358. The Kier molecular flexibility index (Phi) is 5.28. The second-order valence-corrected chi connectivity index (χ2v) is 7.52. The van der Waals surface area contributed by atoms with Crippen molar-refractivity contribution in [2.75, 3.05) is 13.1 Å². The fourth-order valence-electron chi connectivity index (χ4n) is 3.21. The van der Waals surface area contributed by atoms with E-state index in [4.69, 9.17) is 0 Å². The maximum absolute atomic E-state index is 12.4. The lowest BCUT2D eigenvalue weighted by Gasteiger charge is -2.24. The Hall–Kier alpha value is -1.76. The summed E-state index contributed by atoms with van der Waals surface area (Å²) in [6.45, 7) is 5.74. The zero-order valence-electron chi connectivity index (χ0n) is 14.0. The lowest BCUT2D eigenvalue weighted by molar-refractivity contribution is 0.0943. The highest BCUT2D eigenvalue weighted by atomic mass is 32.1. The number of carbonyl (C=O) groups is 1. The number of hydrogen-bond acceptors (Lipinski definition) is 5. The average Bonchev–Trinajstić information content (AvgIpc) is 3.07. The Morgan fingerprint density at radius 3 is 2.79 bits per heavy atom. The molecule has 0 saturated carbocycles. The van der Waals surface area contributed by atoms with E-state index < -0.39 is 0 Å². The van der Waals surface area contributed by atoms with Gasteiger partial charge in [-0.3, -0.25) is 9.69 Å². The van der Waals surface area contributed by atoms with Crippen molar-refractivity contribution in [2.24, 2.45) is 0 Å². The van der Waals surface area contributed by atoms with Gasteiger partial charge in [0.05, 0.1) is 16.8 Å². The summed E-state index contributed by atoms with van der Waals surface area (Å²) >= 11 is 1.42. The van der Waals surface area contributed by atoms with E-state index in [0.29, 0.717) is 24.4 Å². The van der Waals surface area contributed by atoms with Crippen molar-refractivity contribution in [3.05, 3.63) is 51.5 Å². The third-order valence-corrected chi connectivity index (χ3v) is 5.41. The number of amides is 1. The zero-order chi connectivity index (χ0) is 17.1. The standard InChI is InChI=1S/C18H23N3O2S/c1-12-17(24-13(2)20-12)18(23)19-9-15-8-16(22)11-21(15)10-14-6-4-3-5-7-14/h3-7,15-16,22H,8-11H2,1-2H3,(H,19,23)/t15-,16+/m0/s1. The van der Waals surface area contributed by atoms with Gasteiger partial charge in [-0.25, -0.2) is 4.98 Å². The number of carbonyl (C=O) groups excluding carboxylic acids is 1. The molecule has 0 unspecified atom stereocenters. The number of aliphatic hydroxyl groups is 1. The van der Waals surface area contributed by atoms with Gasteiger partial charge in [-0.2, -0.15) is 0 Å². The molecule has 1 aliphatic rings. The maximum atomic E-state index is 12.4. The molecule has 0 radical (unpaired) electrons. The molecule has 128 valence electrons. The second kappa shape index (κ2) is 7.42. The van der Waals surface area contributed by atoms with Crippen molar-refractivity contribution < 1.29 is 9.90 Å². The Morgan fingerprint density at radius 1 is 1.38 bits per heavy atom. The van der Waals surface area contributed by atoms with Gasteiger partial charge in [-0.05, 0) is 25.8 Å². The van der Waals surface area contributed by atoms with Crippen molar-refractivity contribution >= 4 is 17.2 Å². The number of likely N-dealkylation sites (tertiary alicyclic amines) is 1. The van der Waals surface area contributed by atoms with Crippen molar-refractivity contribution in [2.45, 2.75) is 39.0 Å². The van der Waals surface area contributed by atoms with Crippen LogP contribution in [0.5, 0.6) is 0 Å². The molecule has 1 saturated heterocycles. The van der Waals surface area contributed by atoms with E-state index >= 15 is 0 Å². The molecule has 1 fully saturated rings. The molecule has 2 N–H and O–H groups in total. The largest absolute Gasteiger partial charge is 0.392 e. The van der Waals surface area contributed by atoms with Crippen molar-refractivity contribution in [3.8, 4) is 0 Å². The van der Waals surface area contributed by atoms with Crippen LogP contribution >= 0.6 is 11.3 Å². The first-order chi connectivity index (χ1) is 11.5. The molecule has 2 heterocycles. The SMILES string of the molecule is Cc1nc(C)c(C(=O)NC[C@@H]2C[C@@H](O)CN2Cc2ccccc2)s1. The summed E-state index contributed by atoms with van der Waals surface area (Å²) in [6, 6.07) is 10.4. The van der Waals surface area contributed by atoms with Crippen molar-refractivity contribution in [3.63, 3.8) is 0 Å². The highest BCUT2D eigenvalue weighted by Gasteiger charge is 2.31. The molecule has 1 aromatic heterocycles. The molecule has 6 heteroatoms. The Labute approximate surface area is 146 Å². The van der Waals surface area contributed by atoms with E-state index in [9.17, 15) is 9.90 Å². The minimum atomic E-state index is -0.331. The van der Waals surface area contributed by atoms with Crippen LogP contribution in [-0.2, 0) is 6.54 Å². The molecule has 24 heavy (non-hydrogen) atoms. The van der Waals surface area contributed by atoms with Crippen molar-refractivity contribution in [1.29, 1.82) is 0 Å². The van der Waals surface area contributed by atoms with Gasteiger partial charge in [0.15, 0.2) is 0 Å². The minimum Gasteiger partial charge on any atom is -0.392 e. The number of nitrogens with one attached hydrogen (secondary N) is 1. The third kappa shape index (κ3) is 4.01. The minimum absolute atomic E-state index is 0.0702. The number of aryl methyl sites for hydroxylation is 2. The number of nitrogens with zero attached hydrogens (tertiary/aromatic N) is 2. The summed E-state index contributed by atoms with van der Waals surface area (Å²) in [5.74, 6) is -0.0702. The van der Waals surface area contributed by atoms with Gasteiger partial charge in [0.1, 0.15) is 4.88 Å². The number of hydrogen-bond donors (Lipinski definition) is 2. The number of β-amino-alcohol motifs (C(OH)–C–C–N with tert-alkyl or cyclic N) is 1. The normalized spacial score (nSPS) is 21.1. The molecule has 1 amide bonds. The van der Waals surface area contributed by atoms with Crippen LogP contribution in [0, 0.1) is 13.8 Å². The van der Waals surface area contributed by atoms with Crippen LogP contribution in [0.3, 0.4) is 0 Å². The van der Waals surface area contributed by atoms with Crippen LogP contribution in [0.2, 0.25) is 0 Å². The monoisotopic (exact) mass is 345 g/mol. The van der Waals surface area contributed by atoms with Crippen LogP contribution in [0.15, 0.2) is 30.3 Å². The molecule has 1 aromatic carbocycles. The Bertz CT molecular complexity index is 702. The predicted octanol–water partition coefficient (Wildman–Crippen LogP) is 2.13. The van der Waals surface area contributed by atoms with E-state index in [0.717, 1.165) is 17.2 Å². The topological polar surface area (TPSA) is 65.5 Å². The van der Waals surface area contributed by atoms with E-state index in [1.54, 1.807) is 0 Å². The van der Waals surface area contributed by atoms with Gasteiger partial charge in [0.2, 0.25) is 0 Å². The van der Waals surface area contributed by atoms with Crippen LogP contribution in [-0.4, -0.2) is 46.1 Å². The number of benzene rings is 1. The predicted molar refractivity (Wildman–Crippen MR) is 95.2 cm³/mol. The summed E-state index contributed by atoms with van der Waals surface area (Å²) in [5, 5.41) is 13.9. The van der Waals surface area contributed by atoms with Gasteiger partial charge in [-0.15, -0.1) is 11.3 Å². The molecule has 2 aromatic rings. The molecule has 2 atom stereocenters. The quantitative estimate of drug-likeness (QED) is 0.871. The number of thiazole rings is 1. The first-order valence-electron chi connectivity index (χ1n) is 8.21. The summed E-state index contributed by atoms with van der Waals surface area (Å²) in [5.41, 5.74) is 2.00. The van der Waals surface area contributed by atoms with Gasteiger partial charge < -0.3 is 10.4 Å². The fraction of sp³-hybridized carbons (Fsp3) is 0.444. The first-order valence-corrected chi connectivity index (χ1v) is 9.03. The molecule has 0 aliphatic carbocycles. The van der Waals surface area contributed by atoms with Gasteiger partial charge in [0, 0.05) is 25.7 Å². The number of rotatable bonds is 5. The molecule has 0 bridgehead atoms. The molecule has 3 rings (SSSR count). The fourth-order valence-corrected chi connectivity index (χ4v) is 4.05. The highest BCUT2D eigenvalue weighted by Crippen LogP contribution is 2.21. The Morgan fingerprint density at radius 2 is 2.12 bits per heavy atom. The number of aliphatic hydroxyl groups excluding tert-OH is 1. The van der Waals surface area contributed by atoms with Gasteiger partial charge >= 0.3 is 0 Å². The molecule has 1 aliphatic heterocycles. The van der Waals surface area contributed by atoms with Crippen molar-refractivity contribution in [1.82, 2.24) is 15.2 Å². The first kappa shape index (κ1) is 17.1. The lowest BCUT2D eigenvalue weighted by atomic mass is 10.1. The summed E-state index contributed by atoms with van der Waals surface area (Å²) in [4.78, 5) is 19.6. The summed E-state index contributed by atoms with van der Waals surface area (Å²) in [7, 11) is 0. The van der Waals surface area contributed by atoms with Crippen LogP contribution < -0.4 is 5.32 Å². The van der Waals surface area contributed by atoms with Crippen LogP contribution in [0.1, 0.15) is 32.4 Å². The van der Waals surface area contributed by atoms with E-state index in [-0.39, 0.29) is 18.1 Å². The van der Waals surface area contributed by atoms with Crippen LogP contribution in [0.4, 0.5) is 0 Å². The van der Waals surface area contributed by atoms with E-state index in [1.165, 1.54) is 16.9 Å². The molecule has 0 spiro atoms. The Balaban J connectivity index is 1.60.